The first kappa shape index (κ1) is 16.1. The molecule has 6 nitrogen and oxygen atoms in total. The summed E-state index contributed by atoms with van der Waals surface area (Å²) in [4.78, 5) is 4.16. The number of nitrogens with two attached hydrogens (primary N) is 1. The third kappa shape index (κ3) is 3.16. The van der Waals surface area contributed by atoms with Crippen LogP contribution in [0.25, 0.3) is 0 Å². The molecule has 0 saturated heterocycles. The lowest BCUT2D eigenvalue weighted by Gasteiger charge is -2.32. The average Bonchev–Trinajstić information content (AvgIpc) is 2.71. The molecule has 7 heteroatoms. The van der Waals surface area contributed by atoms with E-state index in [4.69, 9.17) is 5.73 Å². The minimum absolute atomic E-state index is 0.0856. The van der Waals surface area contributed by atoms with Gasteiger partial charge < -0.3 is 10.3 Å². The molecular weight excluding hydrogens is 264 g/mol. The molecule has 19 heavy (non-hydrogen) atoms. The molecule has 0 atom stereocenters. The fraction of sp³-hybridized carbons (Fsp3) is 0.750. The van der Waals surface area contributed by atoms with Crippen LogP contribution in [0.5, 0.6) is 0 Å². The first-order valence-corrected chi connectivity index (χ1v) is 7.83. The van der Waals surface area contributed by atoms with Crippen LogP contribution in [-0.4, -0.2) is 41.4 Å². The van der Waals surface area contributed by atoms with Crippen LogP contribution in [0.1, 0.15) is 33.0 Å². The number of aromatic nitrogens is 2. The zero-order chi connectivity index (χ0) is 14.8. The van der Waals surface area contributed by atoms with E-state index in [0.717, 1.165) is 13.0 Å². The van der Waals surface area contributed by atoms with Gasteiger partial charge in [-0.15, -0.1) is 0 Å². The third-order valence-electron chi connectivity index (χ3n) is 3.40. The van der Waals surface area contributed by atoms with Gasteiger partial charge in [-0.25, -0.2) is 13.4 Å². The summed E-state index contributed by atoms with van der Waals surface area (Å²) in [7, 11) is -2.07. The summed E-state index contributed by atoms with van der Waals surface area (Å²) in [5.41, 5.74) is 5.00. The van der Waals surface area contributed by atoms with E-state index in [1.54, 1.807) is 20.0 Å². The van der Waals surface area contributed by atoms with Crippen molar-refractivity contribution in [1.29, 1.82) is 0 Å². The van der Waals surface area contributed by atoms with Crippen molar-refractivity contribution in [2.45, 2.75) is 51.2 Å². The fourth-order valence-corrected chi connectivity index (χ4v) is 3.18. The molecule has 1 rings (SSSR count). The molecule has 0 radical (unpaired) electrons. The summed E-state index contributed by atoms with van der Waals surface area (Å²) in [6, 6.07) is 0. The van der Waals surface area contributed by atoms with Crippen molar-refractivity contribution in [2.24, 2.45) is 5.73 Å². The Kier molecular flexibility index (Phi) is 4.76. The van der Waals surface area contributed by atoms with E-state index in [9.17, 15) is 8.42 Å². The Balaban J connectivity index is 3.17. The lowest BCUT2D eigenvalue weighted by molar-refractivity contribution is 0.273. The first-order chi connectivity index (χ1) is 8.66. The summed E-state index contributed by atoms with van der Waals surface area (Å²) in [5.74, 6) is 0.708. The Bertz CT molecular complexity index is 534. The molecule has 2 N–H and O–H groups in total. The number of hydrogen-bond acceptors (Lipinski definition) is 4. The fourth-order valence-electron chi connectivity index (χ4n) is 1.67. The van der Waals surface area contributed by atoms with Gasteiger partial charge >= 0.3 is 0 Å². The Labute approximate surface area is 115 Å². The Morgan fingerprint density at radius 1 is 1.47 bits per heavy atom. The lowest BCUT2D eigenvalue weighted by atomic mass is 10.1. The summed E-state index contributed by atoms with van der Waals surface area (Å²) >= 11 is 0. The molecule has 0 aliphatic carbocycles. The molecule has 1 aromatic rings. The van der Waals surface area contributed by atoms with E-state index in [1.807, 2.05) is 18.4 Å². The van der Waals surface area contributed by atoms with Gasteiger partial charge in [-0.3, -0.25) is 0 Å². The van der Waals surface area contributed by atoms with Crippen LogP contribution in [0.3, 0.4) is 0 Å². The van der Waals surface area contributed by atoms with Crippen LogP contribution in [0.4, 0.5) is 0 Å². The maximum atomic E-state index is 12.5. The van der Waals surface area contributed by atoms with Gasteiger partial charge in [0.2, 0.25) is 0 Å². The molecule has 0 aliphatic rings. The molecule has 0 amide bonds. The highest BCUT2D eigenvalue weighted by Crippen LogP contribution is 2.21. The van der Waals surface area contributed by atoms with Crippen LogP contribution >= 0.6 is 0 Å². The van der Waals surface area contributed by atoms with Gasteiger partial charge in [0.15, 0.2) is 5.03 Å². The average molecular weight is 288 g/mol. The molecule has 110 valence electrons. The molecule has 0 fully saturated rings. The predicted octanol–water partition coefficient (Wildman–Crippen LogP) is 0.959. The van der Waals surface area contributed by atoms with E-state index < -0.39 is 15.6 Å². The SMILES string of the molecule is CCCn1cc(S(=O)(=O)N(C)C(C)(C)CN)nc1C. The summed E-state index contributed by atoms with van der Waals surface area (Å²) in [6.07, 6.45) is 2.53. The van der Waals surface area contributed by atoms with E-state index >= 15 is 0 Å². The van der Waals surface area contributed by atoms with E-state index in [2.05, 4.69) is 4.98 Å². The number of hydrogen-bond donors (Lipinski definition) is 1. The number of likely N-dealkylation sites (N-methyl/N-ethyl adjacent to an activating group) is 1. The van der Waals surface area contributed by atoms with E-state index in [0.29, 0.717) is 5.82 Å². The molecule has 0 spiro atoms. The van der Waals surface area contributed by atoms with Crippen molar-refractivity contribution < 1.29 is 8.42 Å². The van der Waals surface area contributed by atoms with Gasteiger partial charge in [0.25, 0.3) is 10.0 Å². The second-order valence-electron chi connectivity index (χ2n) is 5.31. The minimum atomic E-state index is -3.61. The van der Waals surface area contributed by atoms with Gasteiger partial charge in [0.1, 0.15) is 5.82 Å². The van der Waals surface area contributed by atoms with E-state index in [1.165, 1.54) is 11.4 Å². The lowest BCUT2D eigenvalue weighted by Crippen LogP contribution is -2.49. The zero-order valence-corrected chi connectivity index (χ0v) is 13.2. The molecule has 0 bridgehead atoms. The molecule has 0 aromatic carbocycles. The van der Waals surface area contributed by atoms with Crippen molar-refractivity contribution in [3.05, 3.63) is 12.0 Å². The van der Waals surface area contributed by atoms with Crippen LogP contribution in [0.2, 0.25) is 0 Å². The van der Waals surface area contributed by atoms with Crippen molar-refractivity contribution in [1.82, 2.24) is 13.9 Å². The number of rotatable bonds is 6. The van der Waals surface area contributed by atoms with Crippen molar-refractivity contribution >= 4 is 10.0 Å². The van der Waals surface area contributed by atoms with Crippen LogP contribution < -0.4 is 5.73 Å². The number of sulfonamides is 1. The van der Waals surface area contributed by atoms with Crippen molar-refractivity contribution in [3.63, 3.8) is 0 Å². The van der Waals surface area contributed by atoms with Gasteiger partial charge in [0, 0.05) is 31.9 Å². The van der Waals surface area contributed by atoms with Crippen LogP contribution in [0.15, 0.2) is 11.2 Å². The second-order valence-corrected chi connectivity index (χ2v) is 7.22. The maximum absolute atomic E-state index is 12.5. The molecule has 0 aliphatic heterocycles. The van der Waals surface area contributed by atoms with Gasteiger partial charge in [-0.1, -0.05) is 6.92 Å². The smallest absolute Gasteiger partial charge is 0.262 e. The summed E-state index contributed by atoms with van der Waals surface area (Å²) < 4.78 is 28.2. The van der Waals surface area contributed by atoms with Crippen LogP contribution in [-0.2, 0) is 16.6 Å². The summed E-state index contributed by atoms with van der Waals surface area (Å²) in [6.45, 7) is 8.44. The van der Waals surface area contributed by atoms with E-state index in [-0.39, 0.29) is 11.6 Å². The number of aryl methyl sites for hydroxylation is 2. The molecule has 0 unspecified atom stereocenters. The molecule has 0 saturated carbocycles. The van der Waals surface area contributed by atoms with Gasteiger partial charge in [-0.2, -0.15) is 4.31 Å². The second kappa shape index (κ2) is 5.60. The number of nitrogens with zero attached hydrogens (tertiary/aromatic N) is 3. The van der Waals surface area contributed by atoms with Crippen molar-refractivity contribution in [3.8, 4) is 0 Å². The maximum Gasteiger partial charge on any atom is 0.262 e. The van der Waals surface area contributed by atoms with Crippen molar-refractivity contribution in [2.75, 3.05) is 13.6 Å². The largest absolute Gasteiger partial charge is 0.334 e. The summed E-state index contributed by atoms with van der Waals surface area (Å²) in [5, 5.41) is 0.0856. The monoisotopic (exact) mass is 288 g/mol. The standard InChI is InChI=1S/C12H24N4O2S/c1-6-7-16-8-11(14-10(16)2)19(17,18)15(5)12(3,4)9-13/h8H,6-7,9,13H2,1-5H3. The Morgan fingerprint density at radius 3 is 2.53 bits per heavy atom. The Morgan fingerprint density at radius 2 is 2.05 bits per heavy atom. The van der Waals surface area contributed by atoms with Gasteiger partial charge in [-0.05, 0) is 27.2 Å². The quantitative estimate of drug-likeness (QED) is 0.845. The highest BCUT2D eigenvalue weighted by molar-refractivity contribution is 7.89. The van der Waals surface area contributed by atoms with Crippen LogP contribution in [0, 0.1) is 6.92 Å². The zero-order valence-electron chi connectivity index (χ0n) is 12.3. The predicted molar refractivity (Wildman–Crippen MR) is 75.3 cm³/mol. The molecule has 1 aromatic heterocycles. The number of imidazole rings is 1. The topological polar surface area (TPSA) is 81.2 Å². The Hall–Kier alpha value is -0.920. The third-order valence-corrected chi connectivity index (χ3v) is 5.34. The highest BCUT2D eigenvalue weighted by Gasteiger charge is 2.34. The molecular formula is C12H24N4O2S. The first-order valence-electron chi connectivity index (χ1n) is 6.39. The minimum Gasteiger partial charge on any atom is -0.334 e. The highest BCUT2D eigenvalue weighted by atomic mass is 32.2. The molecule has 1 heterocycles. The normalized spacial score (nSPS) is 13.2. The van der Waals surface area contributed by atoms with Gasteiger partial charge in [0.05, 0.1) is 0 Å².